The first-order valence-corrected chi connectivity index (χ1v) is 33.1. The van der Waals surface area contributed by atoms with Gasteiger partial charge in [0.2, 0.25) is 5.91 Å². The van der Waals surface area contributed by atoms with E-state index in [1.165, 1.54) is 0 Å². The van der Waals surface area contributed by atoms with Crippen LogP contribution >= 0.6 is 0 Å². The molecule has 4 saturated carbocycles. The van der Waals surface area contributed by atoms with Crippen LogP contribution < -0.4 is 16.0 Å². The van der Waals surface area contributed by atoms with Gasteiger partial charge in [-0.15, -0.1) is 0 Å². The third kappa shape index (κ3) is 15.8. The van der Waals surface area contributed by atoms with Crippen LogP contribution in [0.15, 0.2) is 11.6 Å². The normalized spacial score (nSPS) is 36.2. The van der Waals surface area contributed by atoms with Crippen LogP contribution in [0.1, 0.15) is 181 Å². The first-order valence-electron chi connectivity index (χ1n) is 33.1. The average molecular weight is 1330 g/mol. The Labute approximate surface area is 549 Å². The second kappa shape index (κ2) is 30.2. The van der Waals surface area contributed by atoms with E-state index in [1.807, 2.05) is 26.8 Å². The summed E-state index contributed by atoms with van der Waals surface area (Å²) in [6.07, 6.45) is -13.1. The van der Waals surface area contributed by atoms with Crippen LogP contribution in [0, 0.1) is 50.2 Å². The van der Waals surface area contributed by atoms with E-state index < -0.39 is 154 Å². The Morgan fingerprint density at radius 1 is 0.511 bits per heavy atom. The number of hydrogen-bond donors (Lipinski definition) is 3. The third-order valence-electron chi connectivity index (χ3n) is 21.5. The van der Waals surface area contributed by atoms with E-state index >= 15 is 4.79 Å². The zero-order chi connectivity index (χ0) is 69.6. The predicted octanol–water partition coefficient (Wildman–Crippen LogP) is 5.05. The third-order valence-corrected chi connectivity index (χ3v) is 21.5. The first-order chi connectivity index (χ1) is 44.0. The van der Waals surface area contributed by atoms with Crippen LogP contribution in [0.5, 0.6) is 0 Å². The van der Waals surface area contributed by atoms with Gasteiger partial charge in [-0.05, 0) is 124 Å². The molecule has 14 unspecified atom stereocenters. The van der Waals surface area contributed by atoms with E-state index in [1.54, 1.807) is 20.8 Å². The molecule has 7 rings (SSSR count). The molecule has 27 heteroatoms. The lowest BCUT2D eigenvalue weighted by Gasteiger charge is -2.70. The molecule has 526 valence electrons. The molecule has 7 aliphatic rings. The summed E-state index contributed by atoms with van der Waals surface area (Å²) in [6.45, 7) is 24.9. The maximum atomic E-state index is 15.6. The number of ketones is 1. The summed E-state index contributed by atoms with van der Waals surface area (Å²) in [4.78, 5) is 161. The lowest BCUT2D eigenvalue weighted by Crippen LogP contribution is -2.70. The fourth-order valence-electron chi connectivity index (χ4n) is 16.9. The van der Waals surface area contributed by atoms with Gasteiger partial charge in [0.15, 0.2) is 67.2 Å². The zero-order valence-electron chi connectivity index (χ0n) is 57.2. The van der Waals surface area contributed by atoms with Gasteiger partial charge >= 0.3 is 47.8 Å². The number of carbonyl (C=O) groups excluding carboxylic acids is 12. The second-order valence-corrected chi connectivity index (χ2v) is 28.1. The quantitative estimate of drug-likeness (QED) is 0.0646. The van der Waals surface area contributed by atoms with E-state index in [-0.39, 0.29) is 100 Å². The largest absolute Gasteiger partial charge is 0.466 e. The highest BCUT2D eigenvalue weighted by molar-refractivity contribution is 5.96. The van der Waals surface area contributed by atoms with Crippen molar-refractivity contribution in [3.05, 3.63) is 11.6 Å². The van der Waals surface area contributed by atoms with Crippen molar-refractivity contribution in [2.75, 3.05) is 39.5 Å². The average Bonchev–Trinajstić information content (AvgIpc) is 0.674. The highest BCUT2D eigenvalue weighted by Gasteiger charge is 2.71. The van der Waals surface area contributed by atoms with Crippen molar-refractivity contribution in [2.24, 2.45) is 50.2 Å². The lowest BCUT2D eigenvalue weighted by atomic mass is 9.33. The minimum Gasteiger partial charge on any atom is -0.466 e. The minimum absolute atomic E-state index is 0.0122. The minimum atomic E-state index is -2.11. The van der Waals surface area contributed by atoms with Crippen LogP contribution in [0.4, 0.5) is 0 Å². The Morgan fingerprint density at radius 3 is 1.43 bits per heavy atom. The van der Waals surface area contributed by atoms with Crippen molar-refractivity contribution in [3.8, 4) is 0 Å². The highest BCUT2D eigenvalue weighted by atomic mass is 16.8. The van der Waals surface area contributed by atoms with Crippen molar-refractivity contribution >= 4 is 71.3 Å². The van der Waals surface area contributed by atoms with Gasteiger partial charge in [-0.25, -0.2) is 0 Å². The Hall–Kier alpha value is -6.58. The molecule has 0 radical (unpaired) electrons. The van der Waals surface area contributed by atoms with Gasteiger partial charge in [-0.1, -0.05) is 54.0 Å². The Kier molecular flexibility index (Phi) is 24.1. The van der Waals surface area contributed by atoms with Crippen LogP contribution in [0.3, 0.4) is 0 Å². The first kappa shape index (κ1) is 74.8. The van der Waals surface area contributed by atoms with E-state index in [0.717, 1.165) is 59.5 Å². The SMILES string of the molecule is CCOC(=O)CCNC(=O)C1OC(OC2C(OC3CC[C@@]4(C)C(CC[C@]5(C)C4C(=O)C=C4C6C[C@@](C)(C(=O)NCCC(=O)OCC)CC[C@]6(C)CC[C@]45C)C3(C)C)OC(C(=O)NCCC(=O)OCC)C(OC(C)=O)C2OC(C)=O)C(OC(C)=O)C(OC(C)=O)C1OC(C)=O. The van der Waals surface area contributed by atoms with Gasteiger partial charge < -0.3 is 72.8 Å². The molecule has 3 amide bonds. The summed E-state index contributed by atoms with van der Waals surface area (Å²) in [5.74, 6) is -9.62. The monoisotopic (exact) mass is 1330 g/mol. The smallest absolute Gasteiger partial charge is 0.307 e. The molecule has 0 aromatic heterocycles. The van der Waals surface area contributed by atoms with E-state index in [2.05, 4.69) is 43.6 Å². The van der Waals surface area contributed by atoms with Gasteiger partial charge in [0.05, 0.1) is 45.2 Å². The number of rotatable bonds is 24. The number of fused-ring (bicyclic) bond motifs is 7. The van der Waals surface area contributed by atoms with E-state index in [0.29, 0.717) is 32.1 Å². The maximum absolute atomic E-state index is 15.6. The molecule has 0 spiro atoms. The van der Waals surface area contributed by atoms with Gasteiger partial charge in [-0.2, -0.15) is 0 Å². The summed E-state index contributed by atoms with van der Waals surface area (Å²) < 4.78 is 71.0. The Balaban J connectivity index is 1.28. The standard InChI is InChI=1S/C67H99N3O24/c1-16-83-45(77)21-30-68-57(80)52-49(87-36(5)72)51(89-38(7)74)55(94-60-54(90-39(8)75)50(88-37(6)73)48(86-35(4)71)53(93-60)58(81)69-31-22-46(78)84-17-2)59(92-52)91-44-20-24-65(13)43(62(44,9)10)19-25-67(15)56(65)42(76)33-40-41-34-64(12,61(82)70-32-23-47(79)85-18-3)27-26-63(41,11)28-29-66(40,67)14/h33,41,43-44,48-56,59-60H,16-32,34H2,1-15H3,(H,68,80)(H,69,81)(H,70,82)/t41?,43?,44?,48?,49?,50?,51?,52?,53?,54?,55?,56?,59?,60?,63-,64+,65+,66-,67-/m1/s1. The topological polar surface area (TPSA) is 352 Å². The van der Waals surface area contributed by atoms with Crippen LogP contribution in [0.2, 0.25) is 0 Å². The number of hydrogen-bond acceptors (Lipinski definition) is 24. The lowest BCUT2D eigenvalue weighted by molar-refractivity contribution is -0.370. The molecule has 2 heterocycles. The van der Waals surface area contributed by atoms with Crippen molar-refractivity contribution in [1.29, 1.82) is 0 Å². The van der Waals surface area contributed by atoms with Crippen LogP contribution in [-0.2, 0) is 114 Å². The van der Waals surface area contributed by atoms with E-state index in [9.17, 15) is 52.7 Å². The molecule has 19 atom stereocenters. The molecule has 0 aromatic carbocycles. The van der Waals surface area contributed by atoms with Crippen LogP contribution in [0.25, 0.3) is 0 Å². The van der Waals surface area contributed by atoms with Crippen LogP contribution in [-0.4, -0.2) is 178 Å². The number of esters is 8. The Morgan fingerprint density at radius 2 is 0.947 bits per heavy atom. The molecule has 2 aliphatic heterocycles. The fourth-order valence-corrected chi connectivity index (χ4v) is 16.9. The van der Waals surface area contributed by atoms with Crippen molar-refractivity contribution < 1.29 is 114 Å². The van der Waals surface area contributed by atoms with Gasteiger partial charge in [0.25, 0.3) is 11.8 Å². The number of ether oxygens (including phenoxy) is 12. The van der Waals surface area contributed by atoms with Gasteiger partial charge in [-0.3, -0.25) is 57.5 Å². The molecule has 6 fully saturated rings. The van der Waals surface area contributed by atoms with Crippen molar-refractivity contribution in [2.45, 2.75) is 248 Å². The molecule has 2 saturated heterocycles. The van der Waals surface area contributed by atoms with Crippen molar-refractivity contribution in [1.82, 2.24) is 16.0 Å². The molecule has 0 bridgehead atoms. The van der Waals surface area contributed by atoms with Gasteiger partial charge in [0.1, 0.15) is 0 Å². The second-order valence-electron chi connectivity index (χ2n) is 28.1. The molecular weight excluding hydrogens is 1230 g/mol. The molecular formula is C67H99N3O24. The van der Waals surface area contributed by atoms with E-state index in [4.69, 9.17) is 56.8 Å². The summed E-state index contributed by atoms with van der Waals surface area (Å²) in [7, 11) is 0. The Bertz CT molecular complexity index is 2930. The molecule has 27 nitrogen and oxygen atoms in total. The molecule has 0 aromatic rings. The number of allylic oxidation sites excluding steroid dienone is 2. The summed E-state index contributed by atoms with van der Waals surface area (Å²) in [5, 5.41) is 8.14. The van der Waals surface area contributed by atoms with Gasteiger partial charge in [0, 0.05) is 65.6 Å². The summed E-state index contributed by atoms with van der Waals surface area (Å²) in [6, 6.07) is 0. The number of nitrogens with one attached hydrogen (secondary N) is 3. The summed E-state index contributed by atoms with van der Waals surface area (Å²) >= 11 is 0. The fraction of sp³-hybridized carbons (Fsp3) is 0.791. The molecule has 5 aliphatic carbocycles. The zero-order valence-corrected chi connectivity index (χ0v) is 57.2. The van der Waals surface area contributed by atoms with Crippen molar-refractivity contribution in [3.63, 3.8) is 0 Å². The highest BCUT2D eigenvalue weighted by Crippen LogP contribution is 2.75. The predicted molar refractivity (Wildman–Crippen MR) is 327 cm³/mol. The number of carbonyl (C=O) groups is 12. The molecule has 3 N–H and O–H groups in total. The number of amides is 3. The maximum Gasteiger partial charge on any atom is 0.307 e. The summed E-state index contributed by atoms with van der Waals surface area (Å²) in [5.41, 5.74) is -2.37. The molecule has 94 heavy (non-hydrogen) atoms.